The second-order valence-electron chi connectivity index (χ2n) is 6.91. The quantitative estimate of drug-likeness (QED) is 0.506. The van der Waals surface area contributed by atoms with Crippen LogP contribution in [0, 0.1) is 5.92 Å². The van der Waals surface area contributed by atoms with Crippen LogP contribution in [0.5, 0.6) is 23.0 Å². The molecule has 1 unspecified atom stereocenters. The predicted octanol–water partition coefficient (Wildman–Crippen LogP) is 4.81. The molecule has 2 N–H and O–H groups in total. The highest BCUT2D eigenvalue weighted by Gasteiger charge is 2.35. The molecule has 9 nitrogen and oxygen atoms in total. The van der Waals surface area contributed by atoms with E-state index in [1.165, 1.54) is 26.4 Å². The van der Waals surface area contributed by atoms with Gasteiger partial charge in [-0.3, -0.25) is 4.52 Å². The van der Waals surface area contributed by atoms with Crippen molar-refractivity contribution in [1.29, 1.82) is 0 Å². The van der Waals surface area contributed by atoms with Crippen molar-refractivity contribution in [3.8, 4) is 23.0 Å². The Bertz CT molecular complexity index is 893. The molecular formula is C20H28N3O6P. The van der Waals surface area contributed by atoms with Crippen LogP contribution >= 0.6 is 7.60 Å². The molecule has 0 fully saturated rings. The Hall–Kier alpha value is -2.77. The fourth-order valence-electron chi connectivity index (χ4n) is 2.46. The number of aromatic nitrogens is 2. The summed E-state index contributed by atoms with van der Waals surface area (Å²) < 4.78 is 35.9. The second-order valence-corrected chi connectivity index (χ2v) is 8.78. The zero-order chi connectivity index (χ0) is 22.3. The van der Waals surface area contributed by atoms with Crippen LogP contribution in [0.4, 0.5) is 5.95 Å². The monoisotopic (exact) mass is 437 g/mol. The number of nitrogens with zero attached hydrogens (tertiary/aromatic N) is 2. The molecule has 0 radical (unpaired) electrons. The van der Waals surface area contributed by atoms with E-state index in [-0.39, 0.29) is 40.3 Å². The van der Waals surface area contributed by atoms with E-state index in [4.69, 9.17) is 18.5 Å². The number of rotatable bonds is 10. The lowest BCUT2D eigenvalue weighted by Crippen LogP contribution is -2.14. The van der Waals surface area contributed by atoms with Crippen LogP contribution in [0.1, 0.15) is 27.7 Å². The maximum absolute atomic E-state index is 13.9. The highest BCUT2D eigenvalue weighted by molar-refractivity contribution is 7.59. The summed E-state index contributed by atoms with van der Waals surface area (Å²) in [7, 11) is -1.15. The Morgan fingerprint density at radius 3 is 2.13 bits per heavy atom. The second kappa shape index (κ2) is 10.3. The molecule has 30 heavy (non-hydrogen) atoms. The smallest absolute Gasteiger partial charge is 0.426 e. The SMILES string of the molecule is COc1cc(OP(=O)(OC(C)C)/C(=C/C(C)C)Nc2ncccn2)cc(OC)c1O. The van der Waals surface area contributed by atoms with Gasteiger partial charge in [-0.05, 0) is 31.9 Å². The molecule has 0 aliphatic rings. The lowest BCUT2D eigenvalue weighted by atomic mass is 10.2. The summed E-state index contributed by atoms with van der Waals surface area (Å²) in [6, 6.07) is 4.48. The predicted molar refractivity (Wildman–Crippen MR) is 114 cm³/mol. The molecule has 2 rings (SSSR count). The van der Waals surface area contributed by atoms with E-state index in [0.29, 0.717) is 0 Å². The first-order chi connectivity index (χ1) is 14.2. The first kappa shape index (κ1) is 23.5. The molecule has 0 amide bonds. The number of phenols is 1. The Labute approximate surface area is 176 Å². The molecule has 0 aliphatic carbocycles. The molecule has 1 heterocycles. The highest BCUT2D eigenvalue weighted by atomic mass is 31.2. The maximum Gasteiger partial charge on any atom is 0.426 e. The maximum atomic E-state index is 13.9. The van der Waals surface area contributed by atoms with Crippen molar-refractivity contribution in [2.24, 2.45) is 5.92 Å². The fraction of sp³-hybridized carbons (Fsp3) is 0.400. The average Bonchev–Trinajstić information content (AvgIpc) is 2.68. The normalized spacial score (nSPS) is 13.8. The Morgan fingerprint density at radius 1 is 1.10 bits per heavy atom. The van der Waals surface area contributed by atoms with Gasteiger partial charge in [-0.25, -0.2) is 14.5 Å². The van der Waals surface area contributed by atoms with Crippen molar-refractivity contribution < 1.29 is 28.2 Å². The number of methoxy groups -OCH3 is 2. The van der Waals surface area contributed by atoms with Gasteiger partial charge in [0.05, 0.1) is 20.3 Å². The molecule has 0 aliphatic heterocycles. The van der Waals surface area contributed by atoms with Gasteiger partial charge in [-0.1, -0.05) is 13.8 Å². The number of phenolic OH excluding ortho intramolecular Hbond substituents is 1. The van der Waals surface area contributed by atoms with Crippen LogP contribution in [0.15, 0.2) is 42.1 Å². The summed E-state index contributed by atoms with van der Waals surface area (Å²) in [5.74, 6) is 0.425. The fourth-order valence-corrected chi connectivity index (χ4v) is 4.37. The third-order valence-corrected chi connectivity index (χ3v) is 5.62. The highest BCUT2D eigenvalue weighted by Crippen LogP contribution is 2.58. The molecule has 0 spiro atoms. The zero-order valence-corrected chi connectivity index (χ0v) is 18.8. The molecule has 0 saturated heterocycles. The first-order valence-electron chi connectivity index (χ1n) is 9.38. The third kappa shape index (κ3) is 6.11. The minimum absolute atomic E-state index is 0.0211. The minimum atomic E-state index is -3.93. The van der Waals surface area contributed by atoms with Gasteiger partial charge in [-0.2, -0.15) is 0 Å². The van der Waals surface area contributed by atoms with Crippen molar-refractivity contribution in [2.75, 3.05) is 19.5 Å². The summed E-state index contributed by atoms with van der Waals surface area (Å²) in [6.45, 7) is 7.36. The van der Waals surface area contributed by atoms with Crippen LogP contribution in [0.3, 0.4) is 0 Å². The minimum Gasteiger partial charge on any atom is -0.502 e. The number of anilines is 1. The number of hydrogen-bond donors (Lipinski definition) is 2. The zero-order valence-electron chi connectivity index (χ0n) is 17.9. The lowest BCUT2D eigenvalue weighted by molar-refractivity contribution is 0.213. The summed E-state index contributed by atoms with van der Waals surface area (Å²) in [5, 5.41) is 13.1. The van der Waals surface area contributed by atoms with Gasteiger partial charge in [0.15, 0.2) is 11.5 Å². The first-order valence-corrected chi connectivity index (χ1v) is 10.9. The van der Waals surface area contributed by atoms with Gasteiger partial charge in [-0.15, -0.1) is 0 Å². The number of ether oxygens (including phenoxy) is 2. The van der Waals surface area contributed by atoms with Crippen LogP contribution in [0.2, 0.25) is 0 Å². The number of allylic oxidation sites excluding steroid dienone is 1. The third-order valence-electron chi connectivity index (χ3n) is 3.62. The van der Waals surface area contributed by atoms with Gasteiger partial charge >= 0.3 is 7.60 Å². The Kier molecular flexibility index (Phi) is 8.08. The van der Waals surface area contributed by atoms with Gasteiger partial charge in [0.2, 0.25) is 11.7 Å². The molecule has 164 valence electrons. The van der Waals surface area contributed by atoms with Gasteiger partial charge < -0.3 is 24.4 Å². The number of aromatic hydroxyl groups is 1. The van der Waals surface area contributed by atoms with E-state index >= 15 is 0 Å². The molecular weight excluding hydrogens is 409 g/mol. The van der Waals surface area contributed by atoms with E-state index in [1.54, 1.807) is 38.4 Å². The molecule has 1 aromatic carbocycles. The van der Waals surface area contributed by atoms with Crippen molar-refractivity contribution >= 4 is 13.5 Å². The van der Waals surface area contributed by atoms with Crippen molar-refractivity contribution in [1.82, 2.24) is 9.97 Å². The van der Waals surface area contributed by atoms with Crippen LogP contribution < -0.4 is 19.3 Å². The van der Waals surface area contributed by atoms with Crippen molar-refractivity contribution in [3.05, 3.63) is 42.1 Å². The van der Waals surface area contributed by atoms with Crippen LogP contribution in [-0.4, -0.2) is 35.4 Å². The molecule has 0 bridgehead atoms. The van der Waals surface area contributed by atoms with E-state index in [0.717, 1.165) is 0 Å². The summed E-state index contributed by atoms with van der Waals surface area (Å²) >= 11 is 0. The summed E-state index contributed by atoms with van der Waals surface area (Å²) in [6.07, 6.45) is 4.44. The van der Waals surface area contributed by atoms with E-state index < -0.39 is 13.7 Å². The lowest BCUT2D eigenvalue weighted by Gasteiger charge is -2.25. The molecule has 1 aromatic heterocycles. The van der Waals surface area contributed by atoms with E-state index in [2.05, 4.69) is 15.3 Å². The average molecular weight is 437 g/mol. The van der Waals surface area contributed by atoms with Gasteiger partial charge in [0.25, 0.3) is 0 Å². The topological polar surface area (TPSA) is 112 Å². The Balaban J connectivity index is 2.53. The Morgan fingerprint density at radius 2 is 1.67 bits per heavy atom. The number of benzene rings is 1. The van der Waals surface area contributed by atoms with E-state index in [9.17, 15) is 9.67 Å². The molecule has 2 aromatic rings. The number of hydrogen-bond acceptors (Lipinski definition) is 9. The van der Waals surface area contributed by atoms with Crippen LogP contribution in [0.25, 0.3) is 0 Å². The number of nitrogens with one attached hydrogen (secondary N) is 1. The standard InChI is InChI=1S/C20H28N3O6P/c1-13(2)10-18(23-20-21-8-7-9-22-20)30(25,28-14(3)4)29-15-11-16(26-5)19(24)17(12-15)27-6/h7-14,24H,1-6H3,(H,21,22,23)/b18-10+. The van der Waals surface area contributed by atoms with Crippen molar-refractivity contribution in [2.45, 2.75) is 33.8 Å². The molecule has 1 atom stereocenters. The molecule has 0 saturated carbocycles. The van der Waals surface area contributed by atoms with Gasteiger partial charge in [0, 0.05) is 24.5 Å². The van der Waals surface area contributed by atoms with Crippen molar-refractivity contribution in [3.63, 3.8) is 0 Å². The van der Waals surface area contributed by atoms with Crippen LogP contribution in [-0.2, 0) is 9.09 Å². The largest absolute Gasteiger partial charge is 0.502 e. The summed E-state index contributed by atoms with van der Waals surface area (Å²) in [4.78, 5) is 8.25. The van der Waals surface area contributed by atoms with Gasteiger partial charge in [0.1, 0.15) is 11.2 Å². The van der Waals surface area contributed by atoms with E-state index in [1.807, 2.05) is 13.8 Å². The summed E-state index contributed by atoms with van der Waals surface area (Å²) in [5.41, 5.74) is 0.198. The molecule has 10 heteroatoms.